The van der Waals surface area contributed by atoms with Crippen LogP contribution in [0.4, 0.5) is 0 Å². The molecule has 0 amide bonds. The van der Waals surface area contributed by atoms with Crippen LogP contribution in [-0.2, 0) is 0 Å². The van der Waals surface area contributed by atoms with Gasteiger partial charge in [-0.25, -0.2) is 0 Å². The van der Waals surface area contributed by atoms with E-state index in [1.165, 1.54) is 42.5 Å². The number of fused-ring (bicyclic) bond motifs is 2. The summed E-state index contributed by atoms with van der Waals surface area (Å²) in [5.74, 6) is 0. The molecule has 0 atom stereocenters. The Morgan fingerprint density at radius 1 is 0.625 bits per heavy atom. The van der Waals surface area contributed by atoms with Gasteiger partial charge in [-0.1, -0.05) is 66.7 Å². The summed E-state index contributed by atoms with van der Waals surface area (Å²) < 4.78 is 0. The molecule has 118 valence electrons. The summed E-state index contributed by atoms with van der Waals surface area (Å²) in [5.41, 5.74) is 2.69. The summed E-state index contributed by atoms with van der Waals surface area (Å²) in [5, 5.41) is 5.25. The molecule has 0 spiro atoms. The van der Waals surface area contributed by atoms with Crippen molar-refractivity contribution in [3.8, 4) is 11.1 Å². The topological polar surface area (TPSA) is 0 Å². The summed E-state index contributed by atoms with van der Waals surface area (Å²) >= 11 is 3.67. The van der Waals surface area contributed by atoms with E-state index in [2.05, 4.69) is 85.3 Å². The van der Waals surface area contributed by atoms with Crippen molar-refractivity contribution >= 4 is 45.1 Å². The molecule has 0 aliphatic rings. The van der Waals surface area contributed by atoms with Gasteiger partial charge in [0.05, 0.1) is 0 Å². The fourth-order valence-electron chi connectivity index (χ4n) is 3.37. The third-order valence-corrected chi connectivity index (χ3v) is 6.17. The smallest absolute Gasteiger partial charge is 0.0290 e. The molecule has 0 unspecified atom stereocenters. The van der Waals surface area contributed by atoms with E-state index in [1.54, 1.807) is 0 Å². The van der Waals surface area contributed by atoms with Gasteiger partial charge in [0.25, 0.3) is 0 Å². The lowest BCUT2D eigenvalue weighted by molar-refractivity contribution is 1.29. The summed E-state index contributed by atoms with van der Waals surface area (Å²) in [6, 6.07) is 26.3. The molecule has 0 aliphatic carbocycles. The van der Waals surface area contributed by atoms with Crippen molar-refractivity contribution in [2.24, 2.45) is 0 Å². The molecule has 0 saturated carbocycles. The first-order valence-corrected chi connectivity index (χ1v) is 10.4. The third-order valence-electron chi connectivity index (χ3n) is 4.45. The molecule has 0 heterocycles. The molecule has 0 aliphatic heterocycles. The normalized spacial score (nSPS) is 11.2. The molecule has 4 aromatic carbocycles. The Morgan fingerprint density at radius 2 is 1.29 bits per heavy atom. The summed E-state index contributed by atoms with van der Waals surface area (Å²) in [6.45, 7) is 0. The Balaban J connectivity index is 2.19. The standard InChI is InChI=1S/C22H18S2/c1-23-20-14-16-9-4-6-12-18(16)21(22(20)24-2)19-13-7-10-15-8-3-5-11-17(15)19/h3-14H,1-2H3. The van der Waals surface area contributed by atoms with Crippen LogP contribution in [0.2, 0.25) is 0 Å². The minimum absolute atomic E-state index is 1.29. The van der Waals surface area contributed by atoms with Crippen LogP contribution < -0.4 is 0 Å². The number of hydrogen-bond donors (Lipinski definition) is 0. The second kappa shape index (κ2) is 6.54. The lowest BCUT2D eigenvalue weighted by atomic mass is 9.94. The largest absolute Gasteiger partial charge is 0.128 e. The average molecular weight is 347 g/mol. The highest BCUT2D eigenvalue weighted by Gasteiger charge is 2.16. The van der Waals surface area contributed by atoms with E-state index < -0.39 is 0 Å². The second-order valence-electron chi connectivity index (χ2n) is 5.73. The Kier molecular flexibility index (Phi) is 4.26. The first kappa shape index (κ1) is 15.6. The van der Waals surface area contributed by atoms with Gasteiger partial charge in [0.2, 0.25) is 0 Å². The van der Waals surface area contributed by atoms with Gasteiger partial charge < -0.3 is 0 Å². The lowest BCUT2D eigenvalue weighted by Gasteiger charge is -2.17. The summed E-state index contributed by atoms with van der Waals surface area (Å²) in [7, 11) is 0. The van der Waals surface area contributed by atoms with Crippen LogP contribution in [0.1, 0.15) is 0 Å². The number of benzene rings is 4. The van der Waals surface area contributed by atoms with E-state index in [1.807, 2.05) is 23.5 Å². The minimum Gasteiger partial charge on any atom is -0.128 e. The van der Waals surface area contributed by atoms with Crippen LogP contribution in [0.15, 0.2) is 82.6 Å². The van der Waals surface area contributed by atoms with Gasteiger partial charge in [0.1, 0.15) is 0 Å². The Hall–Kier alpha value is -1.90. The van der Waals surface area contributed by atoms with Crippen LogP contribution in [0, 0.1) is 0 Å². The molecule has 0 fully saturated rings. The van der Waals surface area contributed by atoms with Crippen molar-refractivity contribution < 1.29 is 0 Å². The first-order chi connectivity index (χ1) is 11.8. The van der Waals surface area contributed by atoms with Crippen LogP contribution in [0.3, 0.4) is 0 Å². The van der Waals surface area contributed by atoms with Crippen LogP contribution in [0.5, 0.6) is 0 Å². The molecule has 2 heteroatoms. The van der Waals surface area contributed by atoms with Crippen molar-refractivity contribution in [1.29, 1.82) is 0 Å². The summed E-state index contributed by atoms with van der Waals surface area (Å²) in [6.07, 6.45) is 4.34. The first-order valence-electron chi connectivity index (χ1n) is 7.95. The fraction of sp³-hybridized carbons (Fsp3) is 0.0909. The van der Waals surface area contributed by atoms with Crippen molar-refractivity contribution in [3.63, 3.8) is 0 Å². The Morgan fingerprint density at radius 3 is 2.04 bits per heavy atom. The van der Waals surface area contributed by atoms with E-state index in [0.717, 1.165) is 0 Å². The highest BCUT2D eigenvalue weighted by atomic mass is 32.2. The van der Waals surface area contributed by atoms with Gasteiger partial charge in [0, 0.05) is 15.4 Å². The van der Waals surface area contributed by atoms with Gasteiger partial charge in [-0.2, -0.15) is 0 Å². The van der Waals surface area contributed by atoms with Gasteiger partial charge in [-0.15, -0.1) is 23.5 Å². The second-order valence-corrected chi connectivity index (χ2v) is 7.40. The predicted molar refractivity (Wildman–Crippen MR) is 110 cm³/mol. The van der Waals surface area contributed by atoms with Crippen molar-refractivity contribution in [3.05, 3.63) is 72.8 Å². The van der Waals surface area contributed by atoms with Crippen molar-refractivity contribution in [2.75, 3.05) is 12.5 Å². The quantitative estimate of drug-likeness (QED) is 0.363. The maximum Gasteiger partial charge on any atom is 0.0290 e. The minimum atomic E-state index is 1.29. The maximum absolute atomic E-state index is 2.32. The van der Waals surface area contributed by atoms with Crippen LogP contribution in [0.25, 0.3) is 32.7 Å². The van der Waals surface area contributed by atoms with E-state index >= 15 is 0 Å². The highest BCUT2D eigenvalue weighted by Crippen LogP contribution is 2.44. The molecule has 4 aromatic rings. The van der Waals surface area contributed by atoms with E-state index in [-0.39, 0.29) is 0 Å². The van der Waals surface area contributed by atoms with Crippen LogP contribution >= 0.6 is 23.5 Å². The fourth-order valence-corrected chi connectivity index (χ4v) is 5.08. The molecular weight excluding hydrogens is 328 g/mol. The molecule has 4 rings (SSSR count). The maximum atomic E-state index is 2.32. The van der Waals surface area contributed by atoms with E-state index in [9.17, 15) is 0 Å². The molecule has 0 saturated heterocycles. The van der Waals surface area contributed by atoms with Crippen LogP contribution in [-0.4, -0.2) is 12.5 Å². The van der Waals surface area contributed by atoms with Gasteiger partial charge in [0.15, 0.2) is 0 Å². The molecule has 0 bridgehead atoms. The highest BCUT2D eigenvalue weighted by molar-refractivity contribution is 8.01. The zero-order chi connectivity index (χ0) is 16.5. The third kappa shape index (κ3) is 2.51. The van der Waals surface area contributed by atoms with Gasteiger partial charge >= 0.3 is 0 Å². The molecule has 24 heavy (non-hydrogen) atoms. The monoisotopic (exact) mass is 346 g/mol. The number of rotatable bonds is 3. The average Bonchev–Trinajstić information content (AvgIpc) is 2.66. The molecule has 0 radical (unpaired) electrons. The van der Waals surface area contributed by atoms with Gasteiger partial charge in [-0.05, 0) is 45.7 Å². The SMILES string of the molecule is CSc1cc2ccccc2c(-c2cccc3ccccc23)c1SC. The van der Waals surface area contributed by atoms with Crippen molar-refractivity contribution in [1.82, 2.24) is 0 Å². The zero-order valence-electron chi connectivity index (χ0n) is 13.7. The molecule has 0 N–H and O–H groups in total. The molecule has 0 aromatic heterocycles. The number of thioether (sulfide) groups is 2. The molecule has 0 nitrogen and oxygen atoms in total. The van der Waals surface area contributed by atoms with E-state index in [4.69, 9.17) is 0 Å². The lowest BCUT2D eigenvalue weighted by Crippen LogP contribution is -1.90. The Labute approximate surface area is 151 Å². The van der Waals surface area contributed by atoms with Gasteiger partial charge in [-0.3, -0.25) is 0 Å². The molecular formula is C22H18S2. The number of hydrogen-bond acceptors (Lipinski definition) is 2. The Bertz CT molecular complexity index is 1030. The predicted octanol–water partition coefficient (Wildman–Crippen LogP) is 7.10. The zero-order valence-corrected chi connectivity index (χ0v) is 15.4. The van der Waals surface area contributed by atoms with Crippen molar-refractivity contribution in [2.45, 2.75) is 9.79 Å². The summed E-state index contributed by atoms with van der Waals surface area (Å²) in [4.78, 5) is 2.72. The van der Waals surface area contributed by atoms with E-state index in [0.29, 0.717) is 0 Å².